The highest BCUT2D eigenvalue weighted by atomic mass is 79.9. The van der Waals surface area contributed by atoms with Gasteiger partial charge in [-0.2, -0.15) is 0 Å². The van der Waals surface area contributed by atoms with E-state index in [-0.39, 0.29) is 0 Å². The van der Waals surface area contributed by atoms with Crippen LogP contribution in [0.2, 0.25) is 0 Å². The molecule has 0 radical (unpaired) electrons. The SMILES string of the molecule is COc1ccc(-c2cnc3cc(Br)ccc3n2)cc1. The Morgan fingerprint density at radius 1 is 1.00 bits per heavy atom. The zero-order valence-corrected chi connectivity index (χ0v) is 11.9. The summed E-state index contributed by atoms with van der Waals surface area (Å²) in [6, 6.07) is 13.7. The van der Waals surface area contributed by atoms with Crippen LogP contribution in [0.15, 0.2) is 53.1 Å². The van der Waals surface area contributed by atoms with Crippen molar-refractivity contribution >= 4 is 27.0 Å². The Bertz CT molecular complexity index is 726. The molecule has 94 valence electrons. The highest BCUT2D eigenvalue weighted by Crippen LogP contribution is 2.23. The Labute approximate surface area is 119 Å². The summed E-state index contributed by atoms with van der Waals surface area (Å²) in [7, 11) is 1.66. The van der Waals surface area contributed by atoms with E-state index in [4.69, 9.17) is 4.74 Å². The number of nitrogens with zero attached hydrogens (tertiary/aromatic N) is 2. The molecule has 0 aliphatic heterocycles. The van der Waals surface area contributed by atoms with Gasteiger partial charge in [0, 0.05) is 10.0 Å². The molecule has 1 heterocycles. The first-order chi connectivity index (χ1) is 9.26. The highest BCUT2D eigenvalue weighted by Gasteiger charge is 2.03. The fourth-order valence-corrected chi connectivity index (χ4v) is 2.23. The van der Waals surface area contributed by atoms with Crippen molar-refractivity contribution in [3.63, 3.8) is 0 Å². The number of hydrogen-bond acceptors (Lipinski definition) is 3. The summed E-state index contributed by atoms with van der Waals surface area (Å²) in [5.41, 5.74) is 3.65. The van der Waals surface area contributed by atoms with Crippen molar-refractivity contribution in [2.45, 2.75) is 0 Å². The molecule has 3 nitrogen and oxygen atoms in total. The maximum Gasteiger partial charge on any atom is 0.118 e. The molecule has 0 aliphatic rings. The van der Waals surface area contributed by atoms with Crippen LogP contribution in [-0.4, -0.2) is 17.1 Å². The molecule has 1 aromatic heterocycles. The number of aromatic nitrogens is 2. The molecule has 3 aromatic rings. The predicted molar refractivity (Wildman–Crippen MR) is 79.2 cm³/mol. The lowest BCUT2D eigenvalue weighted by Gasteiger charge is -2.04. The number of rotatable bonds is 2. The topological polar surface area (TPSA) is 35.0 Å². The normalized spacial score (nSPS) is 10.6. The van der Waals surface area contributed by atoms with Gasteiger partial charge in [-0.1, -0.05) is 15.9 Å². The molecule has 19 heavy (non-hydrogen) atoms. The Kier molecular flexibility index (Phi) is 3.17. The van der Waals surface area contributed by atoms with Crippen LogP contribution in [0.5, 0.6) is 5.75 Å². The number of halogens is 1. The van der Waals surface area contributed by atoms with Crippen molar-refractivity contribution in [2.24, 2.45) is 0 Å². The molecular weight excluding hydrogens is 304 g/mol. The Morgan fingerprint density at radius 3 is 2.53 bits per heavy atom. The van der Waals surface area contributed by atoms with E-state index >= 15 is 0 Å². The van der Waals surface area contributed by atoms with Gasteiger partial charge in [-0.15, -0.1) is 0 Å². The second kappa shape index (κ2) is 4.97. The lowest BCUT2D eigenvalue weighted by Crippen LogP contribution is -1.89. The number of methoxy groups -OCH3 is 1. The van der Waals surface area contributed by atoms with Crippen LogP contribution in [0.3, 0.4) is 0 Å². The molecule has 0 atom stereocenters. The predicted octanol–water partition coefficient (Wildman–Crippen LogP) is 4.07. The second-order valence-corrected chi connectivity index (χ2v) is 5.03. The largest absolute Gasteiger partial charge is 0.497 e. The average molecular weight is 315 g/mol. The number of benzene rings is 2. The Balaban J connectivity index is 2.06. The number of hydrogen-bond donors (Lipinski definition) is 0. The smallest absolute Gasteiger partial charge is 0.118 e. The van der Waals surface area contributed by atoms with Gasteiger partial charge in [0.25, 0.3) is 0 Å². The first-order valence-electron chi connectivity index (χ1n) is 5.83. The first kappa shape index (κ1) is 12.1. The standard InChI is InChI=1S/C15H11BrN2O/c1-19-12-5-2-10(3-6-12)15-9-17-14-8-11(16)4-7-13(14)18-15/h2-9H,1H3. The van der Waals surface area contributed by atoms with Crippen molar-refractivity contribution in [1.82, 2.24) is 9.97 Å². The van der Waals surface area contributed by atoms with E-state index in [0.29, 0.717) is 0 Å². The summed E-state index contributed by atoms with van der Waals surface area (Å²) in [6.45, 7) is 0. The molecule has 0 fully saturated rings. The van der Waals surface area contributed by atoms with Crippen LogP contribution in [0, 0.1) is 0 Å². The van der Waals surface area contributed by atoms with E-state index in [2.05, 4.69) is 25.9 Å². The van der Waals surface area contributed by atoms with Crippen molar-refractivity contribution in [1.29, 1.82) is 0 Å². The first-order valence-corrected chi connectivity index (χ1v) is 6.62. The van der Waals surface area contributed by atoms with Gasteiger partial charge in [-0.25, -0.2) is 4.98 Å². The van der Waals surface area contributed by atoms with Gasteiger partial charge < -0.3 is 4.74 Å². The number of fused-ring (bicyclic) bond motifs is 1. The van der Waals surface area contributed by atoms with Gasteiger partial charge in [-0.3, -0.25) is 4.98 Å². The molecule has 0 spiro atoms. The number of ether oxygens (including phenoxy) is 1. The molecule has 0 saturated carbocycles. The van der Waals surface area contributed by atoms with E-state index in [0.717, 1.165) is 32.5 Å². The van der Waals surface area contributed by atoms with Crippen LogP contribution in [-0.2, 0) is 0 Å². The zero-order valence-electron chi connectivity index (χ0n) is 10.3. The lowest BCUT2D eigenvalue weighted by atomic mass is 10.1. The summed E-state index contributed by atoms with van der Waals surface area (Å²) in [6.07, 6.45) is 1.79. The monoisotopic (exact) mass is 314 g/mol. The van der Waals surface area contributed by atoms with Crippen LogP contribution in [0.1, 0.15) is 0 Å². The highest BCUT2D eigenvalue weighted by molar-refractivity contribution is 9.10. The van der Waals surface area contributed by atoms with E-state index in [1.807, 2.05) is 42.5 Å². The van der Waals surface area contributed by atoms with Crippen molar-refractivity contribution in [3.8, 4) is 17.0 Å². The summed E-state index contributed by atoms with van der Waals surface area (Å²) in [4.78, 5) is 9.06. The fourth-order valence-electron chi connectivity index (χ4n) is 1.88. The van der Waals surface area contributed by atoms with Gasteiger partial charge in [0.05, 0.1) is 30.0 Å². The molecule has 2 aromatic carbocycles. The van der Waals surface area contributed by atoms with Crippen LogP contribution in [0.4, 0.5) is 0 Å². The second-order valence-electron chi connectivity index (χ2n) is 4.12. The minimum Gasteiger partial charge on any atom is -0.497 e. The van der Waals surface area contributed by atoms with Crippen molar-refractivity contribution < 1.29 is 4.74 Å². The summed E-state index contributed by atoms with van der Waals surface area (Å²) in [5.74, 6) is 0.835. The van der Waals surface area contributed by atoms with Gasteiger partial charge in [0.1, 0.15) is 5.75 Å². The molecular formula is C15H11BrN2O. The molecule has 0 N–H and O–H groups in total. The summed E-state index contributed by atoms with van der Waals surface area (Å²) < 4.78 is 6.15. The van der Waals surface area contributed by atoms with Crippen LogP contribution < -0.4 is 4.74 Å². The van der Waals surface area contributed by atoms with Gasteiger partial charge in [-0.05, 0) is 42.5 Å². The van der Waals surface area contributed by atoms with Crippen LogP contribution in [0.25, 0.3) is 22.3 Å². The summed E-state index contributed by atoms with van der Waals surface area (Å²) in [5, 5.41) is 0. The van der Waals surface area contributed by atoms with E-state index in [1.165, 1.54) is 0 Å². The van der Waals surface area contributed by atoms with E-state index in [9.17, 15) is 0 Å². The van der Waals surface area contributed by atoms with E-state index in [1.54, 1.807) is 13.3 Å². The van der Waals surface area contributed by atoms with E-state index < -0.39 is 0 Å². The molecule has 4 heteroatoms. The van der Waals surface area contributed by atoms with Gasteiger partial charge >= 0.3 is 0 Å². The summed E-state index contributed by atoms with van der Waals surface area (Å²) >= 11 is 3.43. The van der Waals surface area contributed by atoms with Crippen molar-refractivity contribution in [2.75, 3.05) is 7.11 Å². The van der Waals surface area contributed by atoms with Crippen LogP contribution >= 0.6 is 15.9 Å². The quantitative estimate of drug-likeness (QED) is 0.715. The van der Waals surface area contributed by atoms with Gasteiger partial charge in [0.2, 0.25) is 0 Å². The molecule has 0 saturated heterocycles. The third-order valence-corrected chi connectivity index (χ3v) is 3.38. The fraction of sp³-hybridized carbons (Fsp3) is 0.0667. The molecule has 3 rings (SSSR count). The minimum absolute atomic E-state index is 0.835. The van der Waals surface area contributed by atoms with Gasteiger partial charge in [0.15, 0.2) is 0 Å². The minimum atomic E-state index is 0.835. The molecule has 0 unspecified atom stereocenters. The molecule has 0 amide bonds. The third kappa shape index (κ3) is 2.44. The Morgan fingerprint density at radius 2 is 1.79 bits per heavy atom. The maximum absolute atomic E-state index is 5.15. The maximum atomic E-state index is 5.15. The molecule has 0 bridgehead atoms. The Hall–Kier alpha value is -1.94. The zero-order chi connectivity index (χ0) is 13.2. The third-order valence-electron chi connectivity index (χ3n) is 2.89. The van der Waals surface area contributed by atoms with Crippen molar-refractivity contribution in [3.05, 3.63) is 53.1 Å². The molecule has 0 aliphatic carbocycles. The lowest BCUT2D eigenvalue weighted by molar-refractivity contribution is 0.415. The average Bonchev–Trinajstić information content (AvgIpc) is 2.47.